The second-order valence-electron chi connectivity index (χ2n) is 2.88. The van der Waals surface area contributed by atoms with E-state index in [4.69, 9.17) is 27.4 Å². The van der Waals surface area contributed by atoms with Gasteiger partial charge in [-0.3, -0.25) is 4.79 Å². The molecule has 0 aromatic heterocycles. The Balaban J connectivity index is 3.00. The minimum atomic E-state index is -0.695. The molecule has 0 fully saturated rings. The van der Waals surface area contributed by atoms with Crippen molar-refractivity contribution in [3.8, 4) is 11.5 Å². The van der Waals surface area contributed by atoms with Crippen LogP contribution in [-0.4, -0.2) is 25.1 Å². The van der Waals surface area contributed by atoms with E-state index in [2.05, 4.69) is 5.32 Å². The lowest BCUT2D eigenvalue weighted by Crippen LogP contribution is -2.27. The van der Waals surface area contributed by atoms with Crippen LogP contribution in [0.3, 0.4) is 0 Å². The molecular weight excluding hydrogens is 228 g/mol. The van der Waals surface area contributed by atoms with Crippen LogP contribution >= 0.6 is 12.2 Å². The van der Waals surface area contributed by atoms with Crippen molar-refractivity contribution in [2.24, 2.45) is 5.73 Å². The molecule has 16 heavy (non-hydrogen) atoms. The molecule has 0 aliphatic rings. The van der Waals surface area contributed by atoms with Gasteiger partial charge in [0.15, 0.2) is 4.99 Å². The predicted molar refractivity (Wildman–Crippen MR) is 65.0 cm³/mol. The van der Waals surface area contributed by atoms with Crippen molar-refractivity contribution in [3.63, 3.8) is 0 Å². The quantitative estimate of drug-likeness (QED) is 0.769. The van der Waals surface area contributed by atoms with Gasteiger partial charge >= 0.3 is 0 Å². The van der Waals surface area contributed by atoms with E-state index in [1.165, 1.54) is 14.2 Å². The van der Waals surface area contributed by atoms with Crippen LogP contribution in [0.2, 0.25) is 0 Å². The third kappa shape index (κ3) is 2.83. The highest BCUT2D eigenvalue weighted by molar-refractivity contribution is 7.82. The maximum absolute atomic E-state index is 10.8. The van der Waals surface area contributed by atoms with Gasteiger partial charge in [-0.1, -0.05) is 12.2 Å². The van der Waals surface area contributed by atoms with Crippen molar-refractivity contribution in [1.82, 2.24) is 0 Å². The summed E-state index contributed by atoms with van der Waals surface area (Å²) in [6, 6.07) is 5.09. The summed E-state index contributed by atoms with van der Waals surface area (Å²) in [5.41, 5.74) is 5.56. The molecule has 0 heterocycles. The van der Waals surface area contributed by atoms with Crippen molar-refractivity contribution in [2.45, 2.75) is 0 Å². The molecule has 0 aliphatic heterocycles. The molecule has 0 unspecified atom stereocenters. The molecule has 0 radical (unpaired) electrons. The van der Waals surface area contributed by atoms with Crippen molar-refractivity contribution < 1.29 is 14.3 Å². The van der Waals surface area contributed by atoms with Crippen LogP contribution in [0.25, 0.3) is 0 Å². The van der Waals surface area contributed by atoms with E-state index in [1.54, 1.807) is 18.2 Å². The Labute approximate surface area is 98.5 Å². The summed E-state index contributed by atoms with van der Waals surface area (Å²) in [5, 5.41) is 2.69. The monoisotopic (exact) mass is 240 g/mol. The molecule has 0 spiro atoms. The van der Waals surface area contributed by atoms with Gasteiger partial charge in [-0.2, -0.15) is 0 Å². The largest absolute Gasteiger partial charge is 0.497 e. The number of primary amides is 1. The fourth-order valence-corrected chi connectivity index (χ4v) is 1.21. The van der Waals surface area contributed by atoms with E-state index in [0.717, 1.165) is 0 Å². The summed E-state index contributed by atoms with van der Waals surface area (Å²) in [6.07, 6.45) is 0. The maximum Gasteiger partial charge on any atom is 0.276 e. The van der Waals surface area contributed by atoms with E-state index < -0.39 is 5.91 Å². The first kappa shape index (κ1) is 12.3. The number of carbonyl (C=O) groups is 1. The summed E-state index contributed by atoms with van der Waals surface area (Å²) in [6.45, 7) is 0. The maximum atomic E-state index is 10.8. The number of methoxy groups -OCH3 is 2. The zero-order chi connectivity index (χ0) is 12.1. The van der Waals surface area contributed by atoms with Crippen LogP contribution in [0.4, 0.5) is 5.69 Å². The number of rotatable bonds is 3. The second kappa shape index (κ2) is 5.32. The van der Waals surface area contributed by atoms with Crippen molar-refractivity contribution in [1.29, 1.82) is 0 Å². The van der Waals surface area contributed by atoms with Crippen LogP contribution in [0.1, 0.15) is 0 Å². The molecule has 0 aliphatic carbocycles. The van der Waals surface area contributed by atoms with E-state index in [-0.39, 0.29) is 4.99 Å². The Morgan fingerprint density at radius 2 is 2.06 bits per heavy atom. The highest BCUT2D eigenvalue weighted by atomic mass is 32.1. The molecule has 3 N–H and O–H groups in total. The molecular formula is C10H12N2O3S. The molecule has 1 rings (SSSR count). The highest BCUT2D eigenvalue weighted by Crippen LogP contribution is 2.28. The first-order valence-electron chi connectivity index (χ1n) is 4.41. The van der Waals surface area contributed by atoms with E-state index in [9.17, 15) is 4.79 Å². The lowest BCUT2D eigenvalue weighted by molar-refractivity contribution is -0.111. The number of nitrogens with one attached hydrogen (secondary N) is 1. The summed E-state index contributed by atoms with van der Waals surface area (Å²) < 4.78 is 10.1. The van der Waals surface area contributed by atoms with Crippen molar-refractivity contribution in [3.05, 3.63) is 18.2 Å². The number of thiocarbonyl (C=S) groups is 1. The molecule has 6 heteroatoms. The fourth-order valence-electron chi connectivity index (χ4n) is 1.10. The van der Waals surface area contributed by atoms with E-state index >= 15 is 0 Å². The Hall–Kier alpha value is -1.82. The third-order valence-corrected chi connectivity index (χ3v) is 2.18. The minimum Gasteiger partial charge on any atom is -0.497 e. The van der Waals surface area contributed by atoms with Gasteiger partial charge < -0.3 is 20.5 Å². The molecule has 0 bridgehead atoms. The smallest absolute Gasteiger partial charge is 0.276 e. The Bertz CT molecular complexity index is 421. The predicted octanol–water partition coefficient (Wildman–Crippen LogP) is 0.928. The van der Waals surface area contributed by atoms with Crippen LogP contribution in [0, 0.1) is 0 Å². The highest BCUT2D eigenvalue weighted by Gasteiger charge is 2.09. The van der Waals surface area contributed by atoms with Crippen LogP contribution in [0.5, 0.6) is 11.5 Å². The number of ether oxygens (including phenoxy) is 2. The topological polar surface area (TPSA) is 73.6 Å². The van der Waals surface area contributed by atoms with Gasteiger partial charge in [0.2, 0.25) is 0 Å². The zero-order valence-electron chi connectivity index (χ0n) is 8.94. The Morgan fingerprint density at radius 3 is 2.56 bits per heavy atom. The molecule has 0 saturated heterocycles. The van der Waals surface area contributed by atoms with E-state index in [0.29, 0.717) is 17.2 Å². The fraction of sp³-hybridized carbons (Fsp3) is 0.200. The number of hydrogen-bond acceptors (Lipinski definition) is 4. The first-order valence-corrected chi connectivity index (χ1v) is 4.82. The lowest BCUT2D eigenvalue weighted by atomic mass is 10.2. The van der Waals surface area contributed by atoms with Gasteiger partial charge in [0.1, 0.15) is 11.5 Å². The summed E-state index contributed by atoms with van der Waals surface area (Å²) in [7, 11) is 3.05. The average Bonchev–Trinajstić information content (AvgIpc) is 2.28. The zero-order valence-corrected chi connectivity index (χ0v) is 9.76. The number of nitrogens with two attached hydrogens (primary N) is 1. The summed E-state index contributed by atoms with van der Waals surface area (Å²) in [4.78, 5) is 10.7. The van der Waals surface area contributed by atoms with Gasteiger partial charge in [0.05, 0.1) is 19.9 Å². The second-order valence-corrected chi connectivity index (χ2v) is 3.29. The summed E-state index contributed by atoms with van der Waals surface area (Å²) in [5.74, 6) is 0.472. The normalized spacial score (nSPS) is 9.38. The molecule has 1 aromatic carbocycles. The van der Waals surface area contributed by atoms with Crippen molar-refractivity contribution >= 4 is 28.8 Å². The standard InChI is InChI=1S/C10H12N2O3S/c1-14-6-3-4-8(15-2)7(5-6)12-10(16)9(11)13/h3-5H,1-2H3,(H2,11,13)(H,12,16). The minimum absolute atomic E-state index is 0.0773. The van der Waals surface area contributed by atoms with Gasteiger partial charge in [0.25, 0.3) is 5.91 Å². The van der Waals surface area contributed by atoms with Crippen LogP contribution in [-0.2, 0) is 4.79 Å². The number of benzene rings is 1. The number of anilines is 1. The van der Waals surface area contributed by atoms with Crippen LogP contribution < -0.4 is 20.5 Å². The van der Waals surface area contributed by atoms with Gasteiger partial charge in [0, 0.05) is 6.07 Å². The van der Waals surface area contributed by atoms with Gasteiger partial charge in [-0.05, 0) is 12.1 Å². The SMILES string of the molecule is COc1ccc(OC)c(NC(=S)C(N)=O)c1. The number of amides is 1. The molecule has 5 nitrogen and oxygen atoms in total. The van der Waals surface area contributed by atoms with E-state index in [1.807, 2.05) is 0 Å². The molecule has 0 atom stereocenters. The Morgan fingerprint density at radius 1 is 1.38 bits per heavy atom. The van der Waals surface area contributed by atoms with Gasteiger partial charge in [-0.15, -0.1) is 0 Å². The van der Waals surface area contributed by atoms with Crippen LogP contribution in [0.15, 0.2) is 18.2 Å². The molecule has 1 aromatic rings. The lowest BCUT2D eigenvalue weighted by Gasteiger charge is -2.11. The first-order chi connectivity index (χ1) is 7.58. The third-order valence-electron chi connectivity index (χ3n) is 1.88. The van der Waals surface area contributed by atoms with Crippen molar-refractivity contribution in [2.75, 3.05) is 19.5 Å². The molecule has 1 amide bonds. The molecule has 86 valence electrons. The van der Waals surface area contributed by atoms with Gasteiger partial charge in [-0.25, -0.2) is 0 Å². The molecule has 0 saturated carbocycles. The summed E-state index contributed by atoms with van der Waals surface area (Å²) >= 11 is 4.76. The average molecular weight is 240 g/mol. The number of hydrogen-bond donors (Lipinski definition) is 2. The number of carbonyl (C=O) groups excluding carboxylic acids is 1. The Kier molecular flexibility index (Phi) is 4.07.